The van der Waals surface area contributed by atoms with Gasteiger partial charge in [-0.3, -0.25) is 9.59 Å². The molecule has 0 saturated carbocycles. The van der Waals surface area contributed by atoms with Crippen LogP contribution in [0.5, 0.6) is 0 Å². The van der Waals surface area contributed by atoms with Crippen LogP contribution in [-0.4, -0.2) is 33.4 Å². The first-order valence-corrected chi connectivity index (χ1v) is 10.5. The second kappa shape index (κ2) is 8.62. The van der Waals surface area contributed by atoms with E-state index in [0.717, 1.165) is 20.9 Å². The number of para-hydroxylation sites is 1. The SMILES string of the molecule is O=C(CC1S/C(=N/N=Cc2c[nH]c3ccccc23)NC1=O)Nc1ccc(Br)cc1. The molecule has 1 saturated heterocycles. The molecule has 4 rings (SSSR count). The molecule has 0 spiro atoms. The number of benzene rings is 2. The molecule has 0 aliphatic carbocycles. The molecule has 1 atom stereocenters. The van der Waals surface area contributed by atoms with Gasteiger partial charge in [0.2, 0.25) is 11.8 Å². The highest BCUT2D eigenvalue weighted by atomic mass is 79.9. The van der Waals surface area contributed by atoms with E-state index in [1.54, 1.807) is 18.3 Å². The fraction of sp³-hybridized carbons (Fsp3) is 0.100. The van der Waals surface area contributed by atoms with Gasteiger partial charge in [0.05, 0.1) is 6.21 Å². The molecule has 2 amide bonds. The van der Waals surface area contributed by atoms with Crippen molar-refractivity contribution >= 4 is 67.5 Å². The van der Waals surface area contributed by atoms with Crippen molar-refractivity contribution in [2.24, 2.45) is 10.2 Å². The topological polar surface area (TPSA) is 98.7 Å². The number of aromatic amines is 1. The summed E-state index contributed by atoms with van der Waals surface area (Å²) in [6.07, 6.45) is 3.54. The lowest BCUT2D eigenvalue weighted by Crippen LogP contribution is -2.28. The summed E-state index contributed by atoms with van der Waals surface area (Å²) < 4.78 is 0.926. The number of amides is 2. The summed E-state index contributed by atoms with van der Waals surface area (Å²) in [6, 6.07) is 15.1. The van der Waals surface area contributed by atoms with Gasteiger partial charge in [0.15, 0.2) is 5.17 Å². The molecule has 1 aliphatic heterocycles. The minimum Gasteiger partial charge on any atom is -0.361 e. The van der Waals surface area contributed by atoms with Crippen LogP contribution in [0.1, 0.15) is 12.0 Å². The third kappa shape index (κ3) is 4.75. The summed E-state index contributed by atoms with van der Waals surface area (Å²) in [7, 11) is 0. The quantitative estimate of drug-likeness (QED) is 0.390. The lowest BCUT2D eigenvalue weighted by molar-refractivity contribution is -0.122. The van der Waals surface area contributed by atoms with Crippen LogP contribution in [0.15, 0.2) is 69.4 Å². The third-order valence-corrected chi connectivity index (χ3v) is 5.84. The smallest absolute Gasteiger partial charge is 0.240 e. The predicted molar refractivity (Wildman–Crippen MR) is 120 cm³/mol. The van der Waals surface area contributed by atoms with Crippen molar-refractivity contribution < 1.29 is 9.59 Å². The summed E-state index contributed by atoms with van der Waals surface area (Å²) in [5.74, 6) is -0.481. The number of amidine groups is 1. The molecule has 1 unspecified atom stereocenters. The number of anilines is 1. The molecule has 146 valence electrons. The molecule has 9 heteroatoms. The number of fused-ring (bicyclic) bond motifs is 1. The van der Waals surface area contributed by atoms with Gasteiger partial charge in [-0.25, -0.2) is 0 Å². The number of nitrogens with one attached hydrogen (secondary N) is 3. The zero-order valence-electron chi connectivity index (χ0n) is 15.1. The van der Waals surface area contributed by atoms with Gasteiger partial charge in [-0.15, -0.1) is 5.10 Å². The van der Waals surface area contributed by atoms with Crippen molar-refractivity contribution in [2.45, 2.75) is 11.7 Å². The number of aromatic nitrogens is 1. The average molecular weight is 470 g/mol. The fourth-order valence-electron chi connectivity index (χ4n) is 2.84. The normalized spacial score (nSPS) is 17.9. The highest BCUT2D eigenvalue weighted by Gasteiger charge is 2.32. The van der Waals surface area contributed by atoms with Gasteiger partial charge in [-0.2, -0.15) is 5.10 Å². The number of rotatable bonds is 5. The van der Waals surface area contributed by atoms with Crippen molar-refractivity contribution in [3.05, 3.63) is 64.8 Å². The zero-order valence-corrected chi connectivity index (χ0v) is 17.5. The molecule has 2 aromatic carbocycles. The lowest BCUT2D eigenvalue weighted by Gasteiger charge is -2.07. The Hall–Kier alpha value is -2.91. The summed E-state index contributed by atoms with van der Waals surface area (Å²) in [4.78, 5) is 27.5. The first-order valence-electron chi connectivity index (χ1n) is 8.78. The van der Waals surface area contributed by atoms with Crippen LogP contribution in [0.2, 0.25) is 0 Å². The van der Waals surface area contributed by atoms with Crippen LogP contribution in [0.4, 0.5) is 5.69 Å². The van der Waals surface area contributed by atoms with E-state index in [4.69, 9.17) is 0 Å². The Morgan fingerprint density at radius 2 is 2.00 bits per heavy atom. The van der Waals surface area contributed by atoms with Crippen LogP contribution in [-0.2, 0) is 9.59 Å². The molecule has 7 nitrogen and oxygen atoms in total. The van der Waals surface area contributed by atoms with Gasteiger partial charge in [-0.05, 0) is 30.3 Å². The van der Waals surface area contributed by atoms with Crippen LogP contribution in [0.25, 0.3) is 10.9 Å². The molecule has 2 heterocycles. The minimum atomic E-state index is -0.535. The first-order chi connectivity index (χ1) is 14.1. The van der Waals surface area contributed by atoms with Gasteiger partial charge in [0.1, 0.15) is 5.25 Å². The summed E-state index contributed by atoms with van der Waals surface area (Å²) in [5, 5.41) is 14.5. The zero-order chi connectivity index (χ0) is 20.2. The van der Waals surface area contributed by atoms with Gasteiger partial charge >= 0.3 is 0 Å². The van der Waals surface area contributed by atoms with Crippen LogP contribution in [0.3, 0.4) is 0 Å². The summed E-state index contributed by atoms with van der Waals surface area (Å²) in [5.41, 5.74) is 2.60. The Balaban J connectivity index is 1.35. The molecule has 0 radical (unpaired) electrons. The number of H-pyrrole nitrogens is 1. The largest absolute Gasteiger partial charge is 0.361 e. The molecular weight excluding hydrogens is 454 g/mol. The Kier molecular flexibility index (Phi) is 5.77. The Bertz CT molecular complexity index is 1120. The predicted octanol–water partition coefficient (Wildman–Crippen LogP) is 3.88. The number of hydrogen-bond donors (Lipinski definition) is 3. The number of nitrogens with zero attached hydrogens (tertiary/aromatic N) is 2. The average Bonchev–Trinajstić information content (AvgIpc) is 3.27. The molecule has 1 fully saturated rings. The van der Waals surface area contributed by atoms with E-state index in [-0.39, 0.29) is 18.2 Å². The maximum atomic E-state index is 12.2. The lowest BCUT2D eigenvalue weighted by atomic mass is 10.2. The maximum Gasteiger partial charge on any atom is 0.240 e. The van der Waals surface area contributed by atoms with E-state index in [9.17, 15) is 9.59 Å². The molecular formula is C20H16BrN5O2S. The summed E-state index contributed by atoms with van der Waals surface area (Å²) >= 11 is 4.55. The number of thioether (sulfide) groups is 1. The van der Waals surface area contributed by atoms with Crippen LogP contribution < -0.4 is 10.6 Å². The first kappa shape index (κ1) is 19.4. The van der Waals surface area contributed by atoms with E-state index >= 15 is 0 Å². The van der Waals surface area contributed by atoms with Crippen LogP contribution >= 0.6 is 27.7 Å². The second-order valence-corrected chi connectivity index (χ2v) is 8.40. The van der Waals surface area contributed by atoms with E-state index in [0.29, 0.717) is 10.9 Å². The van der Waals surface area contributed by atoms with Crippen molar-refractivity contribution in [1.29, 1.82) is 0 Å². The number of hydrogen-bond acceptors (Lipinski definition) is 5. The van der Waals surface area contributed by atoms with Gasteiger partial charge in [0.25, 0.3) is 0 Å². The monoisotopic (exact) mass is 469 g/mol. The molecule has 1 aliphatic rings. The Morgan fingerprint density at radius 1 is 1.21 bits per heavy atom. The van der Waals surface area contributed by atoms with Crippen molar-refractivity contribution in [1.82, 2.24) is 10.3 Å². The third-order valence-electron chi connectivity index (χ3n) is 4.24. The molecule has 0 bridgehead atoms. The number of carbonyl (C=O) groups is 2. The van der Waals surface area contributed by atoms with E-state index in [1.165, 1.54) is 11.8 Å². The standard InChI is InChI=1S/C20H16BrN5O2S/c21-13-5-7-14(8-6-13)24-18(27)9-17-19(28)25-20(29-17)26-23-11-12-10-22-16-4-2-1-3-15(12)16/h1-8,10-11,17,22H,9H2,(H,24,27)(H,25,26,28). The van der Waals surface area contributed by atoms with Crippen LogP contribution in [0, 0.1) is 0 Å². The van der Waals surface area contributed by atoms with E-state index in [1.807, 2.05) is 42.6 Å². The second-order valence-electron chi connectivity index (χ2n) is 6.29. The molecule has 3 aromatic rings. The molecule has 3 N–H and O–H groups in total. The van der Waals surface area contributed by atoms with Gasteiger partial charge < -0.3 is 15.6 Å². The number of carbonyl (C=O) groups excluding carboxylic acids is 2. The highest BCUT2D eigenvalue weighted by molar-refractivity contribution is 9.10. The Morgan fingerprint density at radius 3 is 2.83 bits per heavy atom. The van der Waals surface area contributed by atoms with E-state index in [2.05, 4.69) is 41.8 Å². The van der Waals surface area contributed by atoms with Gasteiger partial charge in [-0.1, -0.05) is 45.9 Å². The number of halogens is 1. The summed E-state index contributed by atoms with van der Waals surface area (Å²) in [6.45, 7) is 0. The van der Waals surface area contributed by atoms with Crippen molar-refractivity contribution in [2.75, 3.05) is 5.32 Å². The maximum absolute atomic E-state index is 12.2. The Labute approximate surface area is 179 Å². The van der Waals surface area contributed by atoms with E-state index < -0.39 is 5.25 Å². The van der Waals surface area contributed by atoms with Gasteiger partial charge in [0, 0.05) is 39.2 Å². The van der Waals surface area contributed by atoms with Crippen molar-refractivity contribution in [3.63, 3.8) is 0 Å². The van der Waals surface area contributed by atoms with Crippen molar-refractivity contribution in [3.8, 4) is 0 Å². The fourth-order valence-corrected chi connectivity index (χ4v) is 4.03. The minimum absolute atomic E-state index is 0.0533. The molecule has 29 heavy (non-hydrogen) atoms. The highest BCUT2D eigenvalue weighted by Crippen LogP contribution is 2.23. The molecule has 1 aromatic heterocycles.